The maximum absolute atomic E-state index is 5.46. The Morgan fingerprint density at radius 3 is 2.33 bits per heavy atom. The van der Waals surface area contributed by atoms with E-state index >= 15 is 0 Å². The Hall–Kier alpha value is -0.0800. The highest BCUT2D eigenvalue weighted by molar-refractivity contribution is 4.87. The Morgan fingerprint density at radius 1 is 1.83 bits per heavy atom. The lowest BCUT2D eigenvalue weighted by Crippen LogP contribution is -2.60. The van der Waals surface area contributed by atoms with Crippen molar-refractivity contribution in [2.45, 2.75) is 19.0 Å². The Labute approximate surface area is 37.7 Å². The van der Waals surface area contributed by atoms with E-state index in [1.165, 1.54) is 0 Å². The van der Waals surface area contributed by atoms with Crippen molar-refractivity contribution >= 4 is 0 Å². The number of nitrogens with two attached hydrogens (primary N) is 1. The molecule has 36 valence electrons. The lowest BCUT2D eigenvalue weighted by atomic mass is 10.0. The summed E-state index contributed by atoms with van der Waals surface area (Å²) >= 11 is 0. The number of hydrogen-bond donors (Lipinski definition) is 2. The van der Waals surface area contributed by atoms with E-state index in [1.54, 1.807) is 0 Å². The third-order valence-corrected chi connectivity index (χ3v) is 1.32. The summed E-state index contributed by atoms with van der Waals surface area (Å²) in [6.07, 6.45) is 0. The molecule has 0 radical (unpaired) electrons. The van der Waals surface area contributed by atoms with E-state index in [1.807, 2.05) is 0 Å². The smallest absolute Gasteiger partial charge is 0.0318 e. The van der Waals surface area contributed by atoms with Crippen LogP contribution in [0.3, 0.4) is 0 Å². The van der Waals surface area contributed by atoms with E-state index in [4.69, 9.17) is 5.73 Å². The van der Waals surface area contributed by atoms with Crippen LogP contribution in [0.25, 0.3) is 0 Å². The van der Waals surface area contributed by atoms with E-state index in [9.17, 15) is 0 Å². The Morgan fingerprint density at radius 2 is 2.33 bits per heavy atom. The van der Waals surface area contributed by atoms with Gasteiger partial charge in [0.2, 0.25) is 0 Å². The van der Waals surface area contributed by atoms with Gasteiger partial charge in [-0.25, -0.2) is 0 Å². The van der Waals surface area contributed by atoms with E-state index in [0.717, 1.165) is 6.54 Å². The number of hydrogen-bond acceptors (Lipinski definition) is 2. The second-order valence-corrected chi connectivity index (χ2v) is 1.86. The summed E-state index contributed by atoms with van der Waals surface area (Å²) in [6, 6.07) is 0.981. The molecule has 0 spiro atoms. The van der Waals surface area contributed by atoms with Gasteiger partial charge in [-0.05, 0) is 6.92 Å². The first-order valence-corrected chi connectivity index (χ1v) is 2.29. The van der Waals surface area contributed by atoms with Crippen molar-refractivity contribution < 1.29 is 0 Å². The highest BCUT2D eigenvalue weighted by atomic mass is 15.1. The van der Waals surface area contributed by atoms with Crippen molar-refractivity contribution in [1.82, 2.24) is 5.32 Å². The van der Waals surface area contributed by atoms with Crippen LogP contribution in [0.5, 0.6) is 0 Å². The summed E-state index contributed by atoms with van der Waals surface area (Å²) in [5, 5.41) is 3.13. The minimum atomic E-state index is 0.421. The predicted octanol–water partition coefficient (Wildman–Crippen LogP) is -0.695. The normalized spacial score (nSPS) is 45.0. The van der Waals surface area contributed by atoms with Crippen LogP contribution in [0.2, 0.25) is 0 Å². The molecule has 2 atom stereocenters. The molecule has 1 fully saturated rings. The fraction of sp³-hybridized carbons (Fsp3) is 1.00. The predicted molar refractivity (Wildman–Crippen MR) is 25.4 cm³/mol. The molecule has 1 rings (SSSR count). The molecular formula is C4H10N2. The van der Waals surface area contributed by atoms with E-state index in [0.29, 0.717) is 12.1 Å². The molecule has 0 aliphatic carbocycles. The zero-order valence-electron chi connectivity index (χ0n) is 3.94. The summed E-state index contributed by atoms with van der Waals surface area (Å²) < 4.78 is 0. The largest absolute Gasteiger partial charge is 0.325 e. The maximum atomic E-state index is 5.46. The van der Waals surface area contributed by atoms with Crippen molar-refractivity contribution in [3.8, 4) is 0 Å². The second kappa shape index (κ2) is 1.21. The van der Waals surface area contributed by atoms with Gasteiger partial charge in [-0.15, -0.1) is 0 Å². The van der Waals surface area contributed by atoms with Crippen molar-refractivity contribution in [3.05, 3.63) is 0 Å². The average Bonchev–Trinajstić information content (AvgIpc) is 1.61. The van der Waals surface area contributed by atoms with Crippen LogP contribution in [0.15, 0.2) is 0 Å². The topological polar surface area (TPSA) is 38.0 Å². The maximum Gasteiger partial charge on any atom is 0.0318 e. The quantitative estimate of drug-likeness (QED) is 0.409. The lowest BCUT2D eigenvalue weighted by molar-refractivity contribution is 0.335. The molecule has 0 aromatic heterocycles. The number of rotatable bonds is 0. The van der Waals surface area contributed by atoms with Gasteiger partial charge in [0.15, 0.2) is 0 Å². The van der Waals surface area contributed by atoms with Crippen LogP contribution in [-0.4, -0.2) is 18.6 Å². The van der Waals surface area contributed by atoms with Crippen LogP contribution in [0, 0.1) is 0 Å². The fourth-order valence-corrected chi connectivity index (χ4v) is 0.490. The van der Waals surface area contributed by atoms with Gasteiger partial charge in [-0.3, -0.25) is 0 Å². The molecule has 1 saturated heterocycles. The van der Waals surface area contributed by atoms with Gasteiger partial charge >= 0.3 is 0 Å². The van der Waals surface area contributed by atoms with Gasteiger partial charge in [0, 0.05) is 18.6 Å². The van der Waals surface area contributed by atoms with Gasteiger partial charge in [-0.1, -0.05) is 0 Å². The van der Waals surface area contributed by atoms with Gasteiger partial charge in [-0.2, -0.15) is 0 Å². The first kappa shape index (κ1) is 4.09. The SMILES string of the molecule is CC1NCC1N. The molecule has 3 N–H and O–H groups in total. The second-order valence-electron chi connectivity index (χ2n) is 1.86. The van der Waals surface area contributed by atoms with E-state index < -0.39 is 0 Å². The zero-order chi connectivity index (χ0) is 4.57. The van der Waals surface area contributed by atoms with Crippen molar-refractivity contribution in [2.24, 2.45) is 5.73 Å². The molecule has 0 bridgehead atoms. The third-order valence-electron chi connectivity index (χ3n) is 1.32. The monoisotopic (exact) mass is 86.1 g/mol. The van der Waals surface area contributed by atoms with Crippen LogP contribution in [-0.2, 0) is 0 Å². The van der Waals surface area contributed by atoms with Gasteiger partial charge in [0.05, 0.1) is 0 Å². The molecule has 0 saturated carbocycles. The Kier molecular flexibility index (Phi) is 0.821. The first-order valence-electron chi connectivity index (χ1n) is 2.29. The third kappa shape index (κ3) is 0.420. The molecule has 0 aromatic rings. The minimum absolute atomic E-state index is 0.421. The number of nitrogens with one attached hydrogen (secondary N) is 1. The summed E-state index contributed by atoms with van der Waals surface area (Å²) in [4.78, 5) is 0. The summed E-state index contributed by atoms with van der Waals surface area (Å²) in [5.41, 5.74) is 5.46. The Balaban J connectivity index is 2.20. The van der Waals surface area contributed by atoms with Gasteiger partial charge < -0.3 is 11.1 Å². The molecule has 2 nitrogen and oxygen atoms in total. The zero-order valence-corrected chi connectivity index (χ0v) is 3.94. The molecule has 1 heterocycles. The summed E-state index contributed by atoms with van der Waals surface area (Å²) in [6.45, 7) is 3.09. The van der Waals surface area contributed by atoms with E-state index in [-0.39, 0.29) is 0 Å². The molecule has 0 aromatic carbocycles. The summed E-state index contributed by atoms with van der Waals surface area (Å²) in [7, 11) is 0. The van der Waals surface area contributed by atoms with Crippen LogP contribution in [0.1, 0.15) is 6.92 Å². The summed E-state index contributed by atoms with van der Waals surface area (Å²) in [5.74, 6) is 0. The molecule has 1 aliphatic rings. The lowest BCUT2D eigenvalue weighted by Gasteiger charge is -2.31. The molecule has 0 amide bonds. The van der Waals surface area contributed by atoms with Crippen molar-refractivity contribution in [1.29, 1.82) is 0 Å². The van der Waals surface area contributed by atoms with Crippen molar-refractivity contribution in [2.75, 3.05) is 6.54 Å². The van der Waals surface area contributed by atoms with Crippen molar-refractivity contribution in [3.63, 3.8) is 0 Å². The molecular weight excluding hydrogens is 76.1 g/mol. The van der Waals surface area contributed by atoms with Gasteiger partial charge in [0.1, 0.15) is 0 Å². The highest BCUT2D eigenvalue weighted by Gasteiger charge is 2.20. The first-order chi connectivity index (χ1) is 2.80. The standard InChI is InChI=1S/C4H10N2/c1-3-4(5)2-6-3/h3-4,6H,2,5H2,1H3. The Bertz CT molecular complexity index is 45.5. The fourth-order valence-electron chi connectivity index (χ4n) is 0.490. The highest BCUT2D eigenvalue weighted by Crippen LogP contribution is 1.96. The van der Waals surface area contributed by atoms with Crippen LogP contribution >= 0.6 is 0 Å². The molecule has 1 aliphatic heterocycles. The van der Waals surface area contributed by atoms with E-state index in [2.05, 4.69) is 12.2 Å². The molecule has 2 unspecified atom stereocenters. The van der Waals surface area contributed by atoms with Gasteiger partial charge in [0.25, 0.3) is 0 Å². The molecule has 6 heavy (non-hydrogen) atoms. The molecule has 2 heteroatoms. The minimum Gasteiger partial charge on any atom is -0.325 e. The average molecular weight is 86.1 g/mol. The van der Waals surface area contributed by atoms with Crippen LogP contribution < -0.4 is 11.1 Å². The van der Waals surface area contributed by atoms with Crippen LogP contribution in [0.4, 0.5) is 0 Å².